The highest BCUT2D eigenvalue weighted by molar-refractivity contribution is 5.97. The van der Waals surface area contributed by atoms with Crippen LogP contribution in [-0.2, 0) is 4.79 Å². The van der Waals surface area contributed by atoms with Gasteiger partial charge in [-0.15, -0.1) is 0 Å². The van der Waals surface area contributed by atoms with Crippen molar-refractivity contribution < 1.29 is 14.0 Å². The summed E-state index contributed by atoms with van der Waals surface area (Å²) in [6, 6.07) is 3.24. The minimum Gasteiger partial charge on any atom is -0.368 e. The Morgan fingerprint density at radius 1 is 1.28 bits per heavy atom. The van der Waals surface area contributed by atoms with Crippen LogP contribution in [-0.4, -0.2) is 17.9 Å². The highest BCUT2D eigenvalue weighted by Gasteiger charge is 2.22. The first-order valence-electron chi connectivity index (χ1n) is 5.68. The standard InChI is InChI=1S/C13H17FN2O2/c1-7(2)11(12(15)17)16-13(18)9-4-8(3)5-10(14)6-9/h4-7,11H,1-3H3,(H2,15,17)(H,16,18)/t11-/m1/s1. The van der Waals surface area contributed by atoms with Crippen LogP contribution in [0.1, 0.15) is 29.8 Å². The summed E-state index contributed by atoms with van der Waals surface area (Å²) in [5.41, 5.74) is 6.02. The number of aryl methyl sites for hydroxylation is 1. The van der Waals surface area contributed by atoms with Crippen molar-refractivity contribution in [1.82, 2.24) is 5.32 Å². The van der Waals surface area contributed by atoms with Gasteiger partial charge in [0.1, 0.15) is 11.9 Å². The lowest BCUT2D eigenvalue weighted by molar-refractivity contribution is -0.120. The second kappa shape index (κ2) is 5.62. The van der Waals surface area contributed by atoms with Gasteiger partial charge in [-0.3, -0.25) is 9.59 Å². The summed E-state index contributed by atoms with van der Waals surface area (Å²) in [5.74, 6) is -1.72. The molecular formula is C13H17FN2O2. The van der Waals surface area contributed by atoms with E-state index in [1.165, 1.54) is 6.07 Å². The Balaban J connectivity index is 2.90. The van der Waals surface area contributed by atoms with Gasteiger partial charge < -0.3 is 11.1 Å². The second-order valence-electron chi connectivity index (χ2n) is 4.61. The number of benzene rings is 1. The average molecular weight is 252 g/mol. The molecule has 4 nitrogen and oxygen atoms in total. The van der Waals surface area contributed by atoms with Gasteiger partial charge >= 0.3 is 0 Å². The van der Waals surface area contributed by atoms with Gasteiger partial charge in [0, 0.05) is 5.56 Å². The van der Waals surface area contributed by atoms with E-state index in [-0.39, 0.29) is 11.5 Å². The molecule has 1 rings (SSSR count). The molecule has 98 valence electrons. The van der Waals surface area contributed by atoms with Crippen molar-refractivity contribution in [2.75, 3.05) is 0 Å². The van der Waals surface area contributed by atoms with Crippen molar-refractivity contribution in [3.05, 3.63) is 35.1 Å². The molecule has 0 aromatic heterocycles. The van der Waals surface area contributed by atoms with E-state index in [0.717, 1.165) is 6.07 Å². The molecule has 2 amide bonds. The van der Waals surface area contributed by atoms with Gasteiger partial charge in [-0.2, -0.15) is 0 Å². The van der Waals surface area contributed by atoms with Gasteiger partial charge in [0.15, 0.2) is 0 Å². The molecule has 0 radical (unpaired) electrons. The number of hydrogen-bond donors (Lipinski definition) is 2. The summed E-state index contributed by atoms with van der Waals surface area (Å²) < 4.78 is 13.2. The Morgan fingerprint density at radius 2 is 1.89 bits per heavy atom. The zero-order valence-corrected chi connectivity index (χ0v) is 10.7. The average Bonchev–Trinajstić information content (AvgIpc) is 2.23. The molecule has 0 spiro atoms. The van der Waals surface area contributed by atoms with Crippen LogP contribution >= 0.6 is 0 Å². The molecule has 1 atom stereocenters. The van der Waals surface area contributed by atoms with Crippen LogP contribution in [0.25, 0.3) is 0 Å². The molecule has 0 saturated heterocycles. The predicted molar refractivity (Wildman–Crippen MR) is 66.4 cm³/mol. The third-order valence-electron chi connectivity index (χ3n) is 2.56. The van der Waals surface area contributed by atoms with Crippen molar-refractivity contribution in [3.8, 4) is 0 Å². The first-order chi connectivity index (χ1) is 8.31. The third kappa shape index (κ3) is 3.55. The number of nitrogens with one attached hydrogen (secondary N) is 1. The Labute approximate surface area is 105 Å². The smallest absolute Gasteiger partial charge is 0.252 e. The molecule has 0 bridgehead atoms. The summed E-state index contributed by atoms with van der Waals surface area (Å²) in [7, 11) is 0. The zero-order valence-electron chi connectivity index (χ0n) is 10.7. The van der Waals surface area contributed by atoms with E-state index < -0.39 is 23.7 Å². The molecule has 0 unspecified atom stereocenters. The van der Waals surface area contributed by atoms with E-state index >= 15 is 0 Å². The van der Waals surface area contributed by atoms with Gasteiger partial charge in [-0.1, -0.05) is 13.8 Å². The van der Waals surface area contributed by atoms with E-state index in [4.69, 9.17) is 5.73 Å². The van der Waals surface area contributed by atoms with Crippen LogP contribution in [0.15, 0.2) is 18.2 Å². The van der Waals surface area contributed by atoms with Gasteiger partial charge in [-0.05, 0) is 36.6 Å². The maximum atomic E-state index is 13.2. The summed E-state index contributed by atoms with van der Waals surface area (Å²) in [6.45, 7) is 5.23. The number of halogens is 1. The number of carbonyl (C=O) groups is 2. The highest BCUT2D eigenvalue weighted by Crippen LogP contribution is 2.09. The Morgan fingerprint density at radius 3 is 2.33 bits per heavy atom. The van der Waals surface area contributed by atoms with Crippen LogP contribution in [0.3, 0.4) is 0 Å². The topological polar surface area (TPSA) is 72.2 Å². The molecule has 5 heteroatoms. The van der Waals surface area contributed by atoms with Gasteiger partial charge in [0.05, 0.1) is 0 Å². The number of rotatable bonds is 4. The van der Waals surface area contributed by atoms with Crippen LogP contribution in [0, 0.1) is 18.7 Å². The lowest BCUT2D eigenvalue weighted by Gasteiger charge is -2.19. The van der Waals surface area contributed by atoms with Crippen molar-refractivity contribution in [3.63, 3.8) is 0 Å². The summed E-state index contributed by atoms with van der Waals surface area (Å²) >= 11 is 0. The van der Waals surface area contributed by atoms with Gasteiger partial charge in [-0.25, -0.2) is 4.39 Å². The van der Waals surface area contributed by atoms with E-state index in [1.54, 1.807) is 26.8 Å². The fourth-order valence-corrected chi connectivity index (χ4v) is 1.66. The molecule has 3 N–H and O–H groups in total. The van der Waals surface area contributed by atoms with E-state index in [9.17, 15) is 14.0 Å². The van der Waals surface area contributed by atoms with Crippen LogP contribution in [0.5, 0.6) is 0 Å². The van der Waals surface area contributed by atoms with E-state index in [0.29, 0.717) is 5.56 Å². The fourth-order valence-electron chi connectivity index (χ4n) is 1.66. The quantitative estimate of drug-likeness (QED) is 0.849. The molecule has 0 heterocycles. The Hall–Kier alpha value is -1.91. The maximum absolute atomic E-state index is 13.2. The molecule has 1 aromatic rings. The number of primary amides is 1. The first-order valence-corrected chi connectivity index (χ1v) is 5.68. The Kier molecular flexibility index (Phi) is 4.42. The molecular weight excluding hydrogens is 235 g/mol. The maximum Gasteiger partial charge on any atom is 0.252 e. The van der Waals surface area contributed by atoms with Crippen molar-refractivity contribution >= 4 is 11.8 Å². The summed E-state index contributed by atoms with van der Waals surface area (Å²) in [5, 5.41) is 2.51. The van der Waals surface area contributed by atoms with Crippen LogP contribution < -0.4 is 11.1 Å². The van der Waals surface area contributed by atoms with E-state index in [2.05, 4.69) is 5.32 Å². The van der Waals surface area contributed by atoms with Crippen molar-refractivity contribution in [1.29, 1.82) is 0 Å². The molecule has 0 aliphatic carbocycles. The number of carbonyl (C=O) groups excluding carboxylic acids is 2. The van der Waals surface area contributed by atoms with Crippen LogP contribution in [0.2, 0.25) is 0 Å². The highest BCUT2D eigenvalue weighted by atomic mass is 19.1. The van der Waals surface area contributed by atoms with Crippen molar-refractivity contribution in [2.24, 2.45) is 11.7 Å². The molecule has 0 saturated carbocycles. The lowest BCUT2D eigenvalue weighted by Crippen LogP contribution is -2.47. The SMILES string of the molecule is Cc1cc(F)cc(C(=O)N[C@@H](C(N)=O)C(C)C)c1. The van der Waals surface area contributed by atoms with Gasteiger partial charge in [0.2, 0.25) is 5.91 Å². The predicted octanol–water partition coefficient (Wildman–Crippen LogP) is 1.37. The lowest BCUT2D eigenvalue weighted by atomic mass is 10.0. The monoisotopic (exact) mass is 252 g/mol. The molecule has 0 aliphatic heterocycles. The third-order valence-corrected chi connectivity index (χ3v) is 2.56. The van der Waals surface area contributed by atoms with E-state index in [1.807, 2.05) is 0 Å². The number of nitrogens with two attached hydrogens (primary N) is 1. The van der Waals surface area contributed by atoms with Crippen molar-refractivity contribution in [2.45, 2.75) is 26.8 Å². The molecule has 0 fully saturated rings. The zero-order chi connectivity index (χ0) is 13.9. The first kappa shape index (κ1) is 14.2. The second-order valence-corrected chi connectivity index (χ2v) is 4.61. The molecule has 0 aliphatic rings. The minimum atomic E-state index is -0.763. The summed E-state index contributed by atoms with van der Waals surface area (Å²) in [4.78, 5) is 23.1. The number of hydrogen-bond acceptors (Lipinski definition) is 2. The Bertz CT molecular complexity index is 452. The number of amides is 2. The normalized spacial score (nSPS) is 12.3. The fraction of sp³-hybridized carbons (Fsp3) is 0.385. The largest absolute Gasteiger partial charge is 0.368 e. The molecule has 1 aromatic carbocycles. The van der Waals surface area contributed by atoms with Crippen LogP contribution in [0.4, 0.5) is 4.39 Å². The molecule has 18 heavy (non-hydrogen) atoms. The van der Waals surface area contributed by atoms with Gasteiger partial charge in [0.25, 0.3) is 5.91 Å². The minimum absolute atomic E-state index is 0.124. The summed E-state index contributed by atoms with van der Waals surface area (Å²) in [6.07, 6.45) is 0.